The Morgan fingerprint density at radius 3 is 2.65 bits per heavy atom. The van der Waals surface area contributed by atoms with E-state index in [0.29, 0.717) is 0 Å². The quantitative estimate of drug-likeness (QED) is 0.440. The molecule has 0 bridgehead atoms. The Labute approximate surface area is 138 Å². The molecule has 3 rings (SSSR count). The van der Waals surface area contributed by atoms with Gasteiger partial charge < -0.3 is 0 Å². The van der Waals surface area contributed by atoms with E-state index in [1.165, 1.54) is 42.5 Å². The normalized spacial score (nSPS) is 16.5. The summed E-state index contributed by atoms with van der Waals surface area (Å²) in [5.41, 5.74) is 2.86. The molecule has 1 aliphatic carbocycles. The molecule has 0 N–H and O–H groups in total. The minimum atomic E-state index is 0.105. The lowest BCUT2D eigenvalue weighted by molar-refractivity contribution is 0.712. The van der Waals surface area contributed by atoms with Crippen molar-refractivity contribution in [1.82, 2.24) is 0 Å². The van der Waals surface area contributed by atoms with Crippen LogP contribution in [0.15, 0.2) is 34.8 Å². The summed E-state index contributed by atoms with van der Waals surface area (Å²) < 4.78 is 1.12. The van der Waals surface area contributed by atoms with Crippen molar-refractivity contribution in [3.63, 3.8) is 0 Å². The Balaban J connectivity index is 1.73. The van der Waals surface area contributed by atoms with Crippen LogP contribution in [-0.4, -0.2) is 0 Å². The summed E-state index contributed by atoms with van der Waals surface area (Å²) >= 11 is 12.0. The first-order valence-corrected chi connectivity index (χ1v) is 9.27. The van der Waals surface area contributed by atoms with Crippen molar-refractivity contribution in [3.05, 3.63) is 55.7 Å². The summed E-state index contributed by atoms with van der Waals surface area (Å²) in [7, 11) is 0. The van der Waals surface area contributed by atoms with Crippen LogP contribution in [0, 0.1) is 0 Å². The van der Waals surface area contributed by atoms with Gasteiger partial charge in [0.2, 0.25) is 0 Å². The number of hydrogen-bond donors (Lipinski definition) is 0. The predicted molar refractivity (Wildman–Crippen MR) is 92.0 cm³/mol. The first-order chi connectivity index (χ1) is 9.72. The zero-order valence-corrected chi connectivity index (χ0v) is 14.5. The van der Waals surface area contributed by atoms with Crippen LogP contribution < -0.4 is 0 Å². The molecule has 0 spiro atoms. The fourth-order valence-electron chi connectivity index (χ4n) is 2.77. The summed E-state index contributed by atoms with van der Waals surface area (Å²) in [5, 5.41) is 0.105. The molecule has 0 aliphatic heterocycles. The van der Waals surface area contributed by atoms with E-state index in [4.69, 9.17) is 11.6 Å². The van der Waals surface area contributed by atoms with Crippen LogP contribution in [-0.2, 0) is 19.3 Å². The van der Waals surface area contributed by atoms with Gasteiger partial charge in [0.05, 0.1) is 5.38 Å². The zero-order chi connectivity index (χ0) is 13.9. The van der Waals surface area contributed by atoms with Crippen LogP contribution in [0.5, 0.6) is 0 Å². The van der Waals surface area contributed by atoms with Crippen molar-refractivity contribution < 1.29 is 0 Å². The molecule has 3 heteroatoms. The number of fused-ring (bicyclic) bond motifs is 1. The van der Waals surface area contributed by atoms with Gasteiger partial charge in [-0.05, 0) is 61.4 Å². The SMILES string of the molecule is ClC(Cc1ccc(Br)cc1)c1cc2c(s1)CCCCC2. The topological polar surface area (TPSA) is 0 Å². The average Bonchev–Trinajstić information content (AvgIpc) is 2.73. The van der Waals surface area contributed by atoms with Gasteiger partial charge in [-0.2, -0.15) is 0 Å². The Kier molecular flexibility index (Phi) is 4.85. The maximum absolute atomic E-state index is 6.64. The van der Waals surface area contributed by atoms with Gasteiger partial charge in [0.15, 0.2) is 0 Å². The molecule has 0 nitrogen and oxygen atoms in total. The number of thiophene rings is 1. The molecule has 1 aliphatic rings. The first kappa shape index (κ1) is 14.6. The van der Waals surface area contributed by atoms with Gasteiger partial charge in [-0.1, -0.05) is 34.5 Å². The first-order valence-electron chi connectivity index (χ1n) is 7.22. The molecule has 1 unspecified atom stereocenters. The van der Waals surface area contributed by atoms with E-state index >= 15 is 0 Å². The molecular formula is C17H18BrClS. The van der Waals surface area contributed by atoms with E-state index in [2.05, 4.69) is 46.3 Å². The van der Waals surface area contributed by atoms with Crippen molar-refractivity contribution in [3.8, 4) is 0 Å². The van der Waals surface area contributed by atoms with Crippen molar-refractivity contribution in [2.45, 2.75) is 43.9 Å². The Bertz CT molecular complexity index is 550. The smallest absolute Gasteiger partial charge is 0.0719 e. The molecule has 0 saturated heterocycles. The molecule has 1 aromatic carbocycles. The molecule has 20 heavy (non-hydrogen) atoms. The highest BCUT2D eigenvalue weighted by Gasteiger charge is 2.17. The van der Waals surface area contributed by atoms with Gasteiger partial charge in [-0.3, -0.25) is 0 Å². The molecule has 0 fully saturated rings. The van der Waals surface area contributed by atoms with Crippen molar-refractivity contribution in [2.75, 3.05) is 0 Å². The average molecular weight is 370 g/mol. The molecular weight excluding hydrogens is 352 g/mol. The van der Waals surface area contributed by atoms with Gasteiger partial charge in [0.25, 0.3) is 0 Å². The number of aryl methyl sites for hydroxylation is 2. The van der Waals surface area contributed by atoms with E-state index in [9.17, 15) is 0 Å². The number of halogens is 2. The van der Waals surface area contributed by atoms with E-state index in [1.54, 1.807) is 10.4 Å². The zero-order valence-electron chi connectivity index (χ0n) is 11.4. The minimum absolute atomic E-state index is 0.105. The van der Waals surface area contributed by atoms with Crippen LogP contribution in [0.2, 0.25) is 0 Å². The monoisotopic (exact) mass is 368 g/mol. The molecule has 1 heterocycles. The molecule has 0 saturated carbocycles. The van der Waals surface area contributed by atoms with Crippen molar-refractivity contribution in [1.29, 1.82) is 0 Å². The summed E-state index contributed by atoms with van der Waals surface area (Å²) in [6.45, 7) is 0. The van der Waals surface area contributed by atoms with Crippen LogP contribution >= 0.6 is 38.9 Å². The van der Waals surface area contributed by atoms with Crippen LogP contribution in [0.3, 0.4) is 0 Å². The fourth-order valence-corrected chi connectivity index (χ4v) is 4.65. The second-order valence-electron chi connectivity index (χ2n) is 5.46. The molecule has 106 valence electrons. The van der Waals surface area contributed by atoms with Gasteiger partial charge >= 0.3 is 0 Å². The number of hydrogen-bond acceptors (Lipinski definition) is 1. The number of benzene rings is 1. The third-order valence-electron chi connectivity index (χ3n) is 3.90. The summed E-state index contributed by atoms with van der Waals surface area (Å²) in [6.07, 6.45) is 7.46. The lowest BCUT2D eigenvalue weighted by Gasteiger charge is -2.07. The number of alkyl halides is 1. The third kappa shape index (κ3) is 3.47. The molecule has 0 radical (unpaired) electrons. The van der Waals surface area contributed by atoms with E-state index in [0.717, 1.165) is 10.9 Å². The van der Waals surface area contributed by atoms with Crippen LogP contribution in [0.4, 0.5) is 0 Å². The van der Waals surface area contributed by atoms with E-state index in [-0.39, 0.29) is 5.38 Å². The molecule has 0 amide bonds. The lowest BCUT2D eigenvalue weighted by atomic mass is 10.1. The second-order valence-corrected chi connectivity index (χ2v) is 8.07. The Morgan fingerprint density at radius 1 is 1.10 bits per heavy atom. The highest BCUT2D eigenvalue weighted by atomic mass is 79.9. The van der Waals surface area contributed by atoms with Crippen molar-refractivity contribution in [2.24, 2.45) is 0 Å². The Hall–Kier alpha value is -0.310. The molecule has 1 aromatic heterocycles. The maximum Gasteiger partial charge on any atom is 0.0719 e. The third-order valence-corrected chi connectivity index (χ3v) is 6.30. The fraction of sp³-hybridized carbons (Fsp3) is 0.412. The molecule has 2 aromatic rings. The Morgan fingerprint density at radius 2 is 1.85 bits per heavy atom. The summed E-state index contributed by atoms with van der Waals surface area (Å²) in [4.78, 5) is 2.93. The largest absolute Gasteiger partial charge is 0.144 e. The predicted octanol–water partition coefficient (Wildman–Crippen LogP) is 6.30. The highest BCUT2D eigenvalue weighted by molar-refractivity contribution is 9.10. The van der Waals surface area contributed by atoms with Gasteiger partial charge in [-0.25, -0.2) is 0 Å². The minimum Gasteiger partial charge on any atom is -0.144 e. The second kappa shape index (κ2) is 6.64. The van der Waals surface area contributed by atoms with Crippen LogP contribution in [0.25, 0.3) is 0 Å². The number of rotatable bonds is 3. The van der Waals surface area contributed by atoms with Gasteiger partial charge in [0, 0.05) is 14.2 Å². The van der Waals surface area contributed by atoms with E-state index in [1.807, 2.05) is 11.3 Å². The van der Waals surface area contributed by atoms with Gasteiger partial charge in [-0.15, -0.1) is 22.9 Å². The van der Waals surface area contributed by atoms with Crippen LogP contribution in [0.1, 0.15) is 45.5 Å². The summed E-state index contributed by atoms with van der Waals surface area (Å²) in [5.74, 6) is 0. The summed E-state index contributed by atoms with van der Waals surface area (Å²) in [6, 6.07) is 10.8. The highest BCUT2D eigenvalue weighted by Crippen LogP contribution is 2.36. The standard InChI is InChI=1S/C17H18BrClS/c18-14-8-6-12(7-9-14)10-15(19)17-11-13-4-2-1-3-5-16(13)20-17/h6-9,11,15H,1-5,10H2. The lowest BCUT2D eigenvalue weighted by Crippen LogP contribution is -1.93. The maximum atomic E-state index is 6.64. The molecule has 1 atom stereocenters. The van der Waals surface area contributed by atoms with Gasteiger partial charge in [0.1, 0.15) is 0 Å². The van der Waals surface area contributed by atoms with Crippen molar-refractivity contribution >= 4 is 38.9 Å². The van der Waals surface area contributed by atoms with E-state index < -0.39 is 0 Å².